The molecule has 0 atom stereocenters. The number of aromatic nitrogens is 2. The molecular weight excluding hydrogens is 155 g/mol. The lowest BCUT2D eigenvalue weighted by atomic mass is 10.3. The first-order valence-corrected chi connectivity index (χ1v) is 3.93. The van der Waals surface area contributed by atoms with Crippen LogP contribution in [0, 0.1) is 5.82 Å². The Kier molecular flexibility index (Phi) is 1.57. The first kappa shape index (κ1) is 7.28. The molecule has 0 amide bonds. The van der Waals surface area contributed by atoms with Crippen LogP contribution in [-0.4, -0.2) is 9.61 Å². The summed E-state index contributed by atoms with van der Waals surface area (Å²) in [4.78, 5) is 0. The van der Waals surface area contributed by atoms with E-state index in [9.17, 15) is 4.39 Å². The Balaban J connectivity index is 2.67. The van der Waals surface area contributed by atoms with Crippen molar-refractivity contribution < 1.29 is 4.39 Å². The molecule has 0 N–H and O–H groups in total. The molecule has 0 aliphatic carbocycles. The Labute approximate surface area is 69.6 Å². The zero-order valence-corrected chi connectivity index (χ0v) is 6.79. The van der Waals surface area contributed by atoms with E-state index in [1.807, 2.05) is 13.0 Å². The molecule has 0 saturated heterocycles. The van der Waals surface area contributed by atoms with E-state index in [4.69, 9.17) is 0 Å². The van der Waals surface area contributed by atoms with Gasteiger partial charge in [-0.25, -0.2) is 8.91 Å². The quantitative estimate of drug-likeness (QED) is 0.630. The summed E-state index contributed by atoms with van der Waals surface area (Å²) in [6.07, 6.45) is 2.51. The topological polar surface area (TPSA) is 17.3 Å². The summed E-state index contributed by atoms with van der Waals surface area (Å²) in [6, 6.07) is 4.77. The molecule has 2 rings (SSSR count). The minimum absolute atomic E-state index is 0.218. The number of rotatable bonds is 1. The van der Waals surface area contributed by atoms with Crippen LogP contribution < -0.4 is 0 Å². The van der Waals surface area contributed by atoms with Crippen molar-refractivity contribution >= 4 is 5.52 Å². The molecule has 0 bridgehead atoms. The Hall–Kier alpha value is -1.38. The van der Waals surface area contributed by atoms with Crippen LogP contribution >= 0.6 is 0 Å². The summed E-state index contributed by atoms with van der Waals surface area (Å²) in [7, 11) is 0. The van der Waals surface area contributed by atoms with Crippen molar-refractivity contribution in [3.63, 3.8) is 0 Å². The summed E-state index contributed by atoms with van der Waals surface area (Å²) in [5.74, 6) is -0.218. The number of halogens is 1. The van der Waals surface area contributed by atoms with Crippen LogP contribution in [0.3, 0.4) is 0 Å². The second kappa shape index (κ2) is 2.59. The van der Waals surface area contributed by atoms with Gasteiger partial charge in [-0.05, 0) is 24.6 Å². The highest BCUT2D eigenvalue weighted by molar-refractivity contribution is 5.47. The molecule has 0 spiro atoms. The maximum absolute atomic E-state index is 12.7. The minimum Gasteiger partial charge on any atom is -0.241 e. The normalized spacial score (nSPS) is 10.8. The van der Waals surface area contributed by atoms with E-state index in [-0.39, 0.29) is 5.82 Å². The maximum atomic E-state index is 12.7. The van der Waals surface area contributed by atoms with Gasteiger partial charge in [-0.3, -0.25) is 0 Å². The number of hydrogen-bond donors (Lipinski definition) is 0. The van der Waals surface area contributed by atoms with Gasteiger partial charge in [0, 0.05) is 6.20 Å². The molecule has 0 saturated carbocycles. The summed E-state index contributed by atoms with van der Waals surface area (Å²) in [6.45, 7) is 2.03. The smallest absolute Gasteiger partial charge is 0.126 e. The molecule has 0 aliphatic heterocycles. The fraction of sp³-hybridized carbons (Fsp3) is 0.222. The van der Waals surface area contributed by atoms with Gasteiger partial charge in [0.25, 0.3) is 0 Å². The van der Waals surface area contributed by atoms with Crippen LogP contribution in [0.15, 0.2) is 24.4 Å². The van der Waals surface area contributed by atoms with Gasteiger partial charge in [-0.1, -0.05) is 6.92 Å². The highest BCUT2D eigenvalue weighted by Gasteiger charge is 1.99. The van der Waals surface area contributed by atoms with Crippen LogP contribution in [0.2, 0.25) is 0 Å². The molecule has 2 aromatic rings. The number of hydrogen-bond acceptors (Lipinski definition) is 1. The Morgan fingerprint density at radius 3 is 3.08 bits per heavy atom. The SMILES string of the molecule is CCc1cc2cc(F)ccn2n1. The highest BCUT2D eigenvalue weighted by Crippen LogP contribution is 2.08. The van der Waals surface area contributed by atoms with Crippen molar-refractivity contribution in [2.75, 3.05) is 0 Å². The second-order valence-electron chi connectivity index (χ2n) is 2.70. The summed E-state index contributed by atoms with van der Waals surface area (Å²) >= 11 is 0. The number of nitrogens with zero attached hydrogens (tertiary/aromatic N) is 2. The lowest BCUT2D eigenvalue weighted by Gasteiger charge is -1.90. The molecule has 2 aromatic heterocycles. The molecule has 2 heterocycles. The van der Waals surface area contributed by atoms with E-state index in [0.717, 1.165) is 17.6 Å². The van der Waals surface area contributed by atoms with Gasteiger partial charge in [0.1, 0.15) is 5.82 Å². The average Bonchev–Trinajstić information content (AvgIpc) is 2.46. The van der Waals surface area contributed by atoms with Gasteiger partial charge < -0.3 is 0 Å². The monoisotopic (exact) mass is 164 g/mol. The second-order valence-corrected chi connectivity index (χ2v) is 2.70. The van der Waals surface area contributed by atoms with Crippen molar-refractivity contribution in [2.45, 2.75) is 13.3 Å². The molecule has 0 fully saturated rings. The fourth-order valence-corrected chi connectivity index (χ4v) is 1.19. The predicted molar refractivity (Wildman–Crippen MR) is 44.5 cm³/mol. The van der Waals surface area contributed by atoms with Crippen molar-refractivity contribution in [3.05, 3.63) is 35.9 Å². The van der Waals surface area contributed by atoms with Crippen molar-refractivity contribution in [1.82, 2.24) is 9.61 Å². The van der Waals surface area contributed by atoms with Gasteiger partial charge in [0.2, 0.25) is 0 Å². The maximum Gasteiger partial charge on any atom is 0.126 e. The van der Waals surface area contributed by atoms with Crippen LogP contribution in [0.1, 0.15) is 12.6 Å². The van der Waals surface area contributed by atoms with Gasteiger partial charge in [-0.2, -0.15) is 5.10 Å². The summed E-state index contributed by atoms with van der Waals surface area (Å²) in [5, 5.41) is 4.22. The summed E-state index contributed by atoms with van der Waals surface area (Å²) < 4.78 is 14.4. The number of pyridine rings is 1. The zero-order chi connectivity index (χ0) is 8.55. The lowest BCUT2D eigenvalue weighted by Crippen LogP contribution is -1.87. The van der Waals surface area contributed by atoms with Gasteiger partial charge in [-0.15, -0.1) is 0 Å². The third-order valence-electron chi connectivity index (χ3n) is 1.84. The Morgan fingerprint density at radius 1 is 1.50 bits per heavy atom. The first-order valence-electron chi connectivity index (χ1n) is 3.93. The largest absolute Gasteiger partial charge is 0.241 e. The van der Waals surface area contributed by atoms with Gasteiger partial charge >= 0.3 is 0 Å². The molecule has 3 heteroatoms. The zero-order valence-electron chi connectivity index (χ0n) is 6.79. The van der Waals surface area contributed by atoms with Crippen molar-refractivity contribution in [3.8, 4) is 0 Å². The van der Waals surface area contributed by atoms with Crippen LogP contribution in [0.25, 0.3) is 5.52 Å². The van der Waals surface area contributed by atoms with Crippen molar-refractivity contribution in [2.24, 2.45) is 0 Å². The fourth-order valence-electron chi connectivity index (χ4n) is 1.19. The van der Waals surface area contributed by atoms with Crippen LogP contribution in [0.5, 0.6) is 0 Å². The lowest BCUT2D eigenvalue weighted by molar-refractivity contribution is 0.625. The van der Waals surface area contributed by atoms with E-state index < -0.39 is 0 Å². The third-order valence-corrected chi connectivity index (χ3v) is 1.84. The average molecular weight is 164 g/mol. The molecule has 62 valence electrons. The molecular formula is C9H9FN2. The Bertz CT molecular complexity index is 406. The standard InChI is InChI=1S/C9H9FN2/c1-2-8-6-9-5-7(10)3-4-12(9)11-8/h3-6H,2H2,1H3. The number of aryl methyl sites for hydroxylation is 1. The predicted octanol–water partition coefficient (Wildman–Crippen LogP) is 2.04. The molecule has 0 aliphatic rings. The van der Waals surface area contributed by atoms with E-state index in [1.54, 1.807) is 10.7 Å². The Morgan fingerprint density at radius 2 is 2.33 bits per heavy atom. The first-order chi connectivity index (χ1) is 5.79. The molecule has 2 nitrogen and oxygen atoms in total. The van der Waals surface area contributed by atoms with E-state index in [0.29, 0.717) is 0 Å². The van der Waals surface area contributed by atoms with Crippen LogP contribution in [-0.2, 0) is 6.42 Å². The highest BCUT2D eigenvalue weighted by atomic mass is 19.1. The van der Waals surface area contributed by atoms with E-state index in [1.165, 1.54) is 12.1 Å². The van der Waals surface area contributed by atoms with E-state index >= 15 is 0 Å². The van der Waals surface area contributed by atoms with E-state index in [2.05, 4.69) is 5.10 Å². The molecule has 12 heavy (non-hydrogen) atoms. The van der Waals surface area contributed by atoms with Crippen molar-refractivity contribution in [1.29, 1.82) is 0 Å². The third kappa shape index (κ3) is 1.07. The molecule has 0 aromatic carbocycles. The van der Waals surface area contributed by atoms with Gasteiger partial charge in [0.15, 0.2) is 0 Å². The van der Waals surface area contributed by atoms with Crippen LogP contribution in [0.4, 0.5) is 4.39 Å². The molecule has 0 radical (unpaired) electrons. The minimum atomic E-state index is -0.218. The van der Waals surface area contributed by atoms with Gasteiger partial charge in [0.05, 0.1) is 11.2 Å². The number of fused-ring (bicyclic) bond motifs is 1. The molecule has 0 unspecified atom stereocenters. The summed E-state index contributed by atoms with van der Waals surface area (Å²) in [5.41, 5.74) is 1.80.